The van der Waals surface area contributed by atoms with Crippen LogP contribution in [0.2, 0.25) is 5.21 Å². The number of rotatable bonds is 0. The Morgan fingerprint density at radius 1 is 1.00 bits per heavy atom. The molecule has 0 aromatic rings. The molecule has 1 atom stereocenters. The van der Waals surface area contributed by atoms with Crippen molar-refractivity contribution in [3.63, 3.8) is 0 Å². The minimum absolute atomic E-state index is 0.172. The van der Waals surface area contributed by atoms with E-state index in [1.54, 1.807) is 0 Å². The number of hydrogen-bond acceptors (Lipinski definition) is 1. The van der Waals surface area contributed by atoms with Crippen molar-refractivity contribution in [2.75, 3.05) is 0 Å². The van der Waals surface area contributed by atoms with Crippen molar-refractivity contribution in [3.05, 3.63) is 0 Å². The van der Waals surface area contributed by atoms with Crippen LogP contribution >= 0.6 is 0 Å². The van der Waals surface area contributed by atoms with Gasteiger partial charge in [0.1, 0.15) is 0 Å². The molecule has 1 fully saturated rings. The molecule has 0 aliphatic carbocycles. The fourth-order valence-electron chi connectivity index (χ4n) is 1.26. The van der Waals surface area contributed by atoms with E-state index >= 15 is 0 Å². The van der Waals surface area contributed by atoms with E-state index in [0.717, 1.165) is 6.42 Å². The molecule has 1 heterocycles. The molecule has 0 aromatic heterocycles. The first-order valence-corrected chi connectivity index (χ1v) is 6.69. The third-order valence-corrected chi connectivity index (χ3v) is 4.52. The normalized spacial score (nSPS) is 25.4. The summed E-state index contributed by atoms with van der Waals surface area (Å²) < 4.78 is 0.613. The number of carbonyl (C=O) groups excluding carboxylic acids is 1. The Morgan fingerprint density at radius 3 is 2.60 bits per heavy atom. The maximum absolute atomic E-state index is 11.0. The number of carbonyl (C=O) groups is 1. The fourth-order valence-corrected chi connectivity index (χ4v) is 3.48. The van der Waals surface area contributed by atoms with Crippen LogP contribution < -0.4 is 0 Å². The predicted molar refractivity (Wildman–Crippen MR) is 44.7 cm³/mol. The molecule has 10 heavy (non-hydrogen) atoms. The van der Waals surface area contributed by atoms with E-state index in [1.807, 2.05) is 0 Å². The Kier molecular flexibility index (Phi) is 4.13. The van der Waals surface area contributed by atoms with Gasteiger partial charge in [0.05, 0.1) is 0 Å². The summed E-state index contributed by atoms with van der Waals surface area (Å²) in [5, 5.41) is 1.26. The zero-order valence-corrected chi connectivity index (χ0v) is 8.46. The first-order valence-electron chi connectivity index (χ1n) is 4.16. The van der Waals surface area contributed by atoms with Gasteiger partial charge in [0, 0.05) is 0 Å². The summed E-state index contributed by atoms with van der Waals surface area (Å²) in [5.41, 5.74) is 0. The van der Waals surface area contributed by atoms with Crippen LogP contribution in [0.4, 0.5) is 0 Å². The van der Waals surface area contributed by atoms with E-state index in [1.165, 1.54) is 37.3 Å². The van der Waals surface area contributed by atoms with Crippen LogP contribution in [0.3, 0.4) is 0 Å². The SMILES string of the molecule is O=C1CCCCCCC[AsH]1. The summed E-state index contributed by atoms with van der Waals surface area (Å²) in [4.78, 5) is 11.0. The summed E-state index contributed by atoms with van der Waals surface area (Å²) in [6.07, 6.45) is 7.42. The van der Waals surface area contributed by atoms with Gasteiger partial charge in [0.15, 0.2) is 0 Å². The van der Waals surface area contributed by atoms with Gasteiger partial charge < -0.3 is 0 Å². The Balaban J connectivity index is 2.21. The van der Waals surface area contributed by atoms with Gasteiger partial charge in [-0.2, -0.15) is 0 Å². The summed E-state index contributed by atoms with van der Waals surface area (Å²) in [5.74, 6) is 0. The van der Waals surface area contributed by atoms with Gasteiger partial charge in [-0.15, -0.1) is 0 Å². The molecule has 58 valence electrons. The molecule has 1 aliphatic heterocycles. The van der Waals surface area contributed by atoms with Crippen LogP contribution in [0.5, 0.6) is 0 Å². The topological polar surface area (TPSA) is 17.1 Å². The Hall–Kier alpha value is 0.228. The van der Waals surface area contributed by atoms with Crippen LogP contribution in [0, 0.1) is 0 Å². The molecule has 1 unspecified atom stereocenters. The van der Waals surface area contributed by atoms with E-state index in [0.29, 0.717) is 4.57 Å². The standard InChI is InChI=1S/C8H15AsO/c10-8-6-4-2-1-3-5-7-9-8/h9H,1-7H2. The van der Waals surface area contributed by atoms with Gasteiger partial charge in [0.25, 0.3) is 0 Å². The van der Waals surface area contributed by atoms with Crippen LogP contribution in [0.25, 0.3) is 0 Å². The van der Waals surface area contributed by atoms with Gasteiger partial charge in [-0.1, -0.05) is 0 Å². The summed E-state index contributed by atoms with van der Waals surface area (Å²) in [7, 11) is 0. The van der Waals surface area contributed by atoms with Crippen molar-refractivity contribution in [2.45, 2.75) is 43.7 Å². The summed E-state index contributed by atoms with van der Waals surface area (Å²) >= 11 is -0.172. The predicted octanol–water partition coefficient (Wildman–Crippen LogP) is 1.72. The van der Waals surface area contributed by atoms with Crippen molar-refractivity contribution in [3.8, 4) is 0 Å². The van der Waals surface area contributed by atoms with Crippen LogP contribution in [-0.2, 0) is 4.79 Å². The van der Waals surface area contributed by atoms with E-state index in [9.17, 15) is 4.79 Å². The average Bonchev–Trinajstić information content (AvgIpc) is 2.02. The van der Waals surface area contributed by atoms with Crippen molar-refractivity contribution < 1.29 is 4.79 Å². The van der Waals surface area contributed by atoms with Gasteiger partial charge in [-0.3, -0.25) is 0 Å². The summed E-state index contributed by atoms with van der Waals surface area (Å²) in [6.45, 7) is 0. The third-order valence-electron chi connectivity index (χ3n) is 1.90. The Labute approximate surface area is 69.3 Å². The fraction of sp³-hybridized carbons (Fsp3) is 0.875. The summed E-state index contributed by atoms with van der Waals surface area (Å²) in [6, 6.07) is 0. The first kappa shape index (κ1) is 8.33. The molecule has 1 aliphatic rings. The molecule has 0 radical (unpaired) electrons. The second-order valence-electron chi connectivity index (χ2n) is 2.87. The van der Waals surface area contributed by atoms with Gasteiger partial charge in [0.2, 0.25) is 0 Å². The van der Waals surface area contributed by atoms with Crippen LogP contribution in [-0.4, -0.2) is 20.3 Å². The van der Waals surface area contributed by atoms with Crippen molar-refractivity contribution in [1.29, 1.82) is 0 Å². The van der Waals surface area contributed by atoms with Crippen LogP contribution in [0.15, 0.2) is 0 Å². The molecule has 1 nitrogen and oxygen atoms in total. The monoisotopic (exact) mass is 202 g/mol. The quantitative estimate of drug-likeness (QED) is 0.546. The van der Waals surface area contributed by atoms with E-state index in [2.05, 4.69) is 0 Å². The van der Waals surface area contributed by atoms with Gasteiger partial charge in [-0.25, -0.2) is 0 Å². The molecule has 1 saturated heterocycles. The second kappa shape index (κ2) is 4.96. The molecule has 0 aromatic carbocycles. The molecule has 0 spiro atoms. The van der Waals surface area contributed by atoms with E-state index in [4.69, 9.17) is 0 Å². The average molecular weight is 202 g/mol. The van der Waals surface area contributed by atoms with E-state index < -0.39 is 0 Å². The van der Waals surface area contributed by atoms with Crippen molar-refractivity contribution in [1.82, 2.24) is 0 Å². The molecule has 0 N–H and O–H groups in total. The van der Waals surface area contributed by atoms with E-state index in [-0.39, 0.29) is 15.8 Å². The molecule has 0 bridgehead atoms. The van der Waals surface area contributed by atoms with Crippen LogP contribution in [0.1, 0.15) is 38.5 Å². The number of hydrogen-bond donors (Lipinski definition) is 0. The maximum atomic E-state index is 11.0. The molecular formula is C8H15AsO. The van der Waals surface area contributed by atoms with Gasteiger partial charge in [-0.05, 0) is 0 Å². The zero-order valence-electron chi connectivity index (χ0n) is 6.36. The third kappa shape index (κ3) is 3.41. The van der Waals surface area contributed by atoms with Crippen molar-refractivity contribution >= 4 is 20.3 Å². The molecular weight excluding hydrogens is 187 g/mol. The first-order chi connectivity index (χ1) is 4.89. The zero-order chi connectivity index (χ0) is 7.23. The molecule has 0 saturated carbocycles. The minimum atomic E-state index is -0.172. The molecule has 0 amide bonds. The molecule has 1 rings (SSSR count). The second-order valence-corrected chi connectivity index (χ2v) is 5.83. The Bertz CT molecular complexity index is 99.8. The Morgan fingerprint density at radius 2 is 1.70 bits per heavy atom. The van der Waals surface area contributed by atoms with Gasteiger partial charge >= 0.3 is 68.9 Å². The molecule has 2 heteroatoms. The van der Waals surface area contributed by atoms with Crippen molar-refractivity contribution in [2.24, 2.45) is 0 Å².